The molecule has 26 heavy (non-hydrogen) atoms. The van der Waals surface area contributed by atoms with E-state index in [1.54, 1.807) is 0 Å². The van der Waals surface area contributed by atoms with Gasteiger partial charge in [0.1, 0.15) is 5.82 Å². The average Bonchev–Trinajstić information content (AvgIpc) is 3.25. The number of hydrogen-bond acceptors (Lipinski definition) is 2. The zero-order chi connectivity index (χ0) is 18.7. The lowest BCUT2D eigenvalue weighted by Crippen LogP contribution is -2.34. The van der Waals surface area contributed by atoms with Crippen LogP contribution >= 0.6 is 15.9 Å². The number of nitrogens with one attached hydrogen (secondary N) is 1. The first-order valence-electron chi connectivity index (χ1n) is 8.61. The van der Waals surface area contributed by atoms with Crippen LogP contribution in [0.15, 0.2) is 41.0 Å². The number of hydrogen-bond donors (Lipinski definition) is 1. The summed E-state index contributed by atoms with van der Waals surface area (Å²) < 4.78 is 15.9. The van der Waals surface area contributed by atoms with Crippen LogP contribution in [-0.4, -0.2) is 34.4 Å². The number of carbonyl (C=O) groups excluding carboxylic acids is 2. The standard InChI is InChI=1S/C19H21BrFN3O2/c1-23-10-2-4-16(23)17-5-3-11-24(17)18(25)8-9-22-19(26)14-12-13(21)6-7-15(14)20/h2,4,6-7,10,12,17H,3,5,8-9,11H2,1H3,(H,22,26). The van der Waals surface area contributed by atoms with Gasteiger partial charge in [-0.25, -0.2) is 4.39 Å². The molecule has 2 heterocycles. The molecule has 1 N–H and O–H groups in total. The van der Waals surface area contributed by atoms with Crippen LogP contribution in [-0.2, 0) is 11.8 Å². The summed E-state index contributed by atoms with van der Waals surface area (Å²) in [6, 6.07) is 8.06. The average molecular weight is 422 g/mol. The summed E-state index contributed by atoms with van der Waals surface area (Å²) in [7, 11) is 1.98. The second kappa shape index (κ2) is 8.03. The number of likely N-dealkylation sites (tertiary alicyclic amines) is 1. The Kier molecular flexibility index (Phi) is 5.76. The smallest absolute Gasteiger partial charge is 0.252 e. The number of benzene rings is 1. The number of aryl methyl sites for hydroxylation is 1. The third-order valence-electron chi connectivity index (χ3n) is 4.70. The van der Waals surface area contributed by atoms with Crippen molar-refractivity contribution in [3.05, 3.63) is 58.1 Å². The molecule has 1 aliphatic rings. The third-order valence-corrected chi connectivity index (χ3v) is 5.39. The van der Waals surface area contributed by atoms with Crippen LogP contribution in [0.1, 0.15) is 41.4 Å². The van der Waals surface area contributed by atoms with E-state index in [1.165, 1.54) is 18.2 Å². The molecule has 1 aliphatic heterocycles. The Bertz CT molecular complexity index is 821. The lowest BCUT2D eigenvalue weighted by Gasteiger charge is -2.25. The molecule has 0 bridgehead atoms. The second-order valence-corrected chi connectivity index (χ2v) is 7.27. The van der Waals surface area contributed by atoms with E-state index in [1.807, 2.05) is 34.8 Å². The highest BCUT2D eigenvalue weighted by atomic mass is 79.9. The molecule has 1 aromatic heterocycles. The van der Waals surface area contributed by atoms with Crippen LogP contribution in [0.2, 0.25) is 0 Å². The van der Waals surface area contributed by atoms with E-state index in [2.05, 4.69) is 21.2 Å². The molecule has 3 rings (SSSR count). The van der Waals surface area contributed by atoms with Crippen LogP contribution < -0.4 is 5.32 Å². The predicted octanol–water partition coefficient (Wildman–Crippen LogP) is 3.41. The van der Waals surface area contributed by atoms with E-state index in [-0.39, 0.29) is 30.5 Å². The first-order valence-corrected chi connectivity index (χ1v) is 9.40. The maximum atomic E-state index is 13.3. The second-order valence-electron chi connectivity index (χ2n) is 6.42. The van der Waals surface area contributed by atoms with Crippen molar-refractivity contribution in [1.29, 1.82) is 0 Å². The molecule has 2 amide bonds. The Morgan fingerprint density at radius 3 is 2.88 bits per heavy atom. The summed E-state index contributed by atoms with van der Waals surface area (Å²) in [5.41, 5.74) is 1.35. The molecule has 5 nitrogen and oxygen atoms in total. The first kappa shape index (κ1) is 18.6. The van der Waals surface area contributed by atoms with E-state index < -0.39 is 11.7 Å². The van der Waals surface area contributed by atoms with Gasteiger partial charge in [-0.3, -0.25) is 9.59 Å². The fourth-order valence-electron chi connectivity index (χ4n) is 3.39. The summed E-state index contributed by atoms with van der Waals surface area (Å²) >= 11 is 3.24. The SMILES string of the molecule is Cn1cccc1C1CCCN1C(=O)CCNC(=O)c1cc(F)ccc1Br. The van der Waals surface area contributed by atoms with E-state index >= 15 is 0 Å². The summed E-state index contributed by atoms with van der Waals surface area (Å²) in [5.74, 6) is -0.853. The number of aromatic nitrogens is 1. The third kappa shape index (κ3) is 3.98. The monoisotopic (exact) mass is 421 g/mol. The van der Waals surface area contributed by atoms with E-state index in [4.69, 9.17) is 0 Å². The van der Waals surface area contributed by atoms with Crippen molar-refractivity contribution in [2.45, 2.75) is 25.3 Å². The number of carbonyl (C=O) groups is 2. The summed E-state index contributed by atoms with van der Waals surface area (Å²) in [4.78, 5) is 26.7. The van der Waals surface area contributed by atoms with Crippen molar-refractivity contribution < 1.29 is 14.0 Å². The van der Waals surface area contributed by atoms with Gasteiger partial charge in [-0.15, -0.1) is 0 Å². The maximum absolute atomic E-state index is 13.3. The fraction of sp³-hybridized carbons (Fsp3) is 0.368. The normalized spacial score (nSPS) is 16.7. The van der Waals surface area contributed by atoms with Gasteiger partial charge >= 0.3 is 0 Å². The quantitative estimate of drug-likeness (QED) is 0.803. The largest absolute Gasteiger partial charge is 0.353 e. The Morgan fingerprint density at radius 2 is 2.15 bits per heavy atom. The minimum atomic E-state index is -0.475. The van der Waals surface area contributed by atoms with E-state index in [9.17, 15) is 14.0 Å². The van der Waals surface area contributed by atoms with Gasteiger partial charge in [0.05, 0.1) is 11.6 Å². The van der Waals surface area contributed by atoms with Gasteiger partial charge in [-0.2, -0.15) is 0 Å². The number of nitrogens with zero attached hydrogens (tertiary/aromatic N) is 2. The molecule has 0 aliphatic carbocycles. The van der Waals surface area contributed by atoms with Gasteiger partial charge in [0.2, 0.25) is 5.91 Å². The van der Waals surface area contributed by atoms with Gasteiger partial charge in [0, 0.05) is 42.9 Å². The topological polar surface area (TPSA) is 54.3 Å². The zero-order valence-corrected chi connectivity index (χ0v) is 16.1. The Hall–Kier alpha value is -2.15. The van der Waals surface area contributed by atoms with Gasteiger partial charge in [0.15, 0.2) is 0 Å². The molecule has 0 saturated carbocycles. The van der Waals surface area contributed by atoms with E-state index in [0.717, 1.165) is 25.1 Å². The molecule has 1 aromatic carbocycles. The van der Waals surface area contributed by atoms with Crippen LogP contribution in [0.4, 0.5) is 4.39 Å². The summed E-state index contributed by atoms with van der Waals surface area (Å²) in [5, 5.41) is 2.69. The number of amides is 2. The van der Waals surface area contributed by atoms with Crippen molar-refractivity contribution in [2.24, 2.45) is 7.05 Å². The molecule has 0 spiro atoms. The molecular weight excluding hydrogens is 401 g/mol. The van der Waals surface area contributed by atoms with Crippen LogP contribution in [0.25, 0.3) is 0 Å². The molecule has 1 unspecified atom stereocenters. The molecule has 1 saturated heterocycles. The molecule has 7 heteroatoms. The Balaban J connectivity index is 1.56. The molecule has 1 atom stereocenters. The molecule has 2 aromatic rings. The van der Waals surface area contributed by atoms with Crippen LogP contribution in [0, 0.1) is 5.82 Å². The molecule has 1 fully saturated rings. The number of rotatable bonds is 5. The van der Waals surface area contributed by atoms with Crippen molar-refractivity contribution in [1.82, 2.24) is 14.8 Å². The lowest BCUT2D eigenvalue weighted by atomic mass is 10.1. The predicted molar refractivity (Wildman–Crippen MR) is 100 cm³/mol. The van der Waals surface area contributed by atoms with Crippen molar-refractivity contribution >= 4 is 27.7 Å². The fourth-order valence-corrected chi connectivity index (χ4v) is 3.81. The molecular formula is C19H21BrFN3O2. The van der Waals surface area contributed by atoms with Gasteiger partial charge in [0.25, 0.3) is 5.91 Å². The first-order chi connectivity index (χ1) is 12.5. The highest BCUT2D eigenvalue weighted by Gasteiger charge is 2.30. The number of halogens is 2. The van der Waals surface area contributed by atoms with Crippen molar-refractivity contribution in [2.75, 3.05) is 13.1 Å². The Morgan fingerprint density at radius 1 is 1.35 bits per heavy atom. The van der Waals surface area contributed by atoms with Crippen molar-refractivity contribution in [3.8, 4) is 0 Å². The highest BCUT2D eigenvalue weighted by Crippen LogP contribution is 2.32. The summed E-state index contributed by atoms with van der Waals surface area (Å²) in [6.45, 7) is 0.953. The minimum absolute atomic E-state index is 0.0207. The Labute approximate surface area is 160 Å². The van der Waals surface area contributed by atoms with Gasteiger partial charge in [-0.1, -0.05) is 0 Å². The maximum Gasteiger partial charge on any atom is 0.252 e. The van der Waals surface area contributed by atoms with Crippen molar-refractivity contribution in [3.63, 3.8) is 0 Å². The van der Waals surface area contributed by atoms with Crippen LogP contribution in [0.3, 0.4) is 0 Å². The zero-order valence-electron chi connectivity index (χ0n) is 14.5. The van der Waals surface area contributed by atoms with Gasteiger partial charge in [-0.05, 0) is 59.1 Å². The lowest BCUT2D eigenvalue weighted by molar-refractivity contribution is -0.132. The molecule has 0 radical (unpaired) electrons. The van der Waals surface area contributed by atoms with E-state index in [0.29, 0.717) is 4.47 Å². The highest BCUT2D eigenvalue weighted by molar-refractivity contribution is 9.10. The summed E-state index contributed by atoms with van der Waals surface area (Å²) in [6.07, 6.45) is 4.13. The molecule has 138 valence electrons. The van der Waals surface area contributed by atoms with Crippen LogP contribution in [0.5, 0.6) is 0 Å². The minimum Gasteiger partial charge on any atom is -0.353 e. The van der Waals surface area contributed by atoms with Gasteiger partial charge < -0.3 is 14.8 Å².